The fourth-order valence-corrected chi connectivity index (χ4v) is 5.28. The summed E-state index contributed by atoms with van der Waals surface area (Å²) in [4.78, 5) is 19.0. The minimum atomic E-state index is -3.48. The predicted octanol–water partition coefficient (Wildman–Crippen LogP) is 1.27. The molecule has 27 heavy (non-hydrogen) atoms. The minimum Gasteiger partial charge on any atom is -0.469 e. The number of sulfonamides is 1. The molecule has 0 spiro atoms. The molecule has 0 amide bonds. The van der Waals surface area contributed by atoms with Gasteiger partial charge in [-0.25, -0.2) is 13.1 Å². The van der Waals surface area contributed by atoms with E-state index in [1.807, 2.05) is 18.7 Å². The highest BCUT2D eigenvalue weighted by atomic mass is 127. The second-order valence-corrected chi connectivity index (χ2v) is 9.53. The monoisotopic (exact) mass is 530 g/mol. The smallest absolute Gasteiger partial charge is 0.310 e. The molecule has 2 atom stereocenters. The highest BCUT2D eigenvalue weighted by molar-refractivity contribution is 14.0. The predicted molar refractivity (Wildman–Crippen MR) is 117 cm³/mol. The summed E-state index contributed by atoms with van der Waals surface area (Å²) in [6, 6.07) is 3.39. The lowest BCUT2D eigenvalue weighted by atomic mass is 9.99. The zero-order chi connectivity index (χ0) is 19.3. The fourth-order valence-electron chi connectivity index (χ4n) is 2.92. The maximum Gasteiger partial charge on any atom is 0.310 e. The number of guanidine groups is 1. The third-order valence-electron chi connectivity index (χ3n) is 4.31. The fraction of sp³-hybridized carbons (Fsp3) is 0.625. The molecule has 0 aliphatic carbocycles. The molecule has 8 nitrogen and oxygen atoms in total. The van der Waals surface area contributed by atoms with Gasteiger partial charge in [0.1, 0.15) is 4.21 Å². The number of hydrogen-bond acceptors (Lipinski definition) is 6. The molecule has 2 N–H and O–H groups in total. The molecule has 2 rings (SSSR count). The summed E-state index contributed by atoms with van der Waals surface area (Å²) in [6.07, 6.45) is 0. The number of aryl methyl sites for hydroxylation is 1. The number of hydrogen-bond donors (Lipinski definition) is 2. The van der Waals surface area contributed by atoms with Gasteiger partial charge in [-0.05, 0) is 25.0 Å². The first-order valence-corrected chi connectivity index (χ1v) is 10.7. The number of methoxy groups -OCH3 is 1. The van der Waals surface area contributed by atoms with Crippen molar-refractivity contribution < 1.29 is 17.9 Å². The van der Waals surface area contributed by atoms with Crippen molar-refractivity contribution in [2.45, 2.75) is 18.1 Å². The Bertz CT molecular complexity index is 766. The van der Waals surface area contributed by atoms with E-state index in [0.29, 0.717) is 29.8 Å². The average molecular weight is 530 g/mol. The molecular formula is C16H27IN4O4S2. The van der Waals surface area contributed by atoms with Crippen LogP contribution in [-0.4, -0.2) is 65.6 Å². The number of esters is 1. The molecule has 1 fully saturated rings. The maximum atomic E-state index is 12.2. The number of carbonyl (C=O) groups excluding carboxylic acids is 1. The topological polar surface area (TPSA) is 100 Å². The van der Waals surface area contributed by atoms with Gasteiger partial charge >= 0.3 is 5.97 Å². The molecule has 0 aromatic carbocycles. The van der Waals surface area contributed by atoms with Crippen molar-refractivity contribution in [1.29, 1.82) is 0 Å². The van der Waals surface area contributed by atoms with Gasteiger partial charge in [-0.15, -0.1) is 35.3 Å². The lowest BCUT2D eigenvalue weighted by Gasteiger charge is -2.21. The van der Waals surface area contributed by atoms with Gasteiger partial charge in [-0.1, -0.05) is 6.92 Å². The van der Waals surface area contributed by atoms with Crippen LogP contribution in [0.1, 0.15) is 11.8 Å². The van der Waals surface area contributed by atoms with E-state index in [9.17, 15) is 13.2 Å². The van der Waals surface area contributed by atoms with Crippen molar-refractivity contribution in [3.63, 3.8) is 0 Å². The van der Waals surface area contributed by atoms with E-state index >= 15 is 0 Å². The molecule has 154 valence electrons. The highest BCUT2D eigenvalue weighted by Crippen LogP contribution is 2.24. The summed E-state index contributed by atoms with van der Waals surface area (Å²) < 4.78 is 32.1. The second-order valence-electron chi connectivity index (χ2n) is 6.25. The molecule has 2 heterocycles. The van der Waals surface area contributed by atoms with Crippen LogP contribution in [0.2, 0.25) is 0 Å². The van der Waals surface area contributed by atoms with E-state index in [4.69, 9.17) is 4.74 Å². The molecule has 1 saturated heterocycles. The van der Waals surface area contributed by atoms with Gasteiger partial charge in [0, 0.05) is 38.1 Å². The molecule has 1 aromatic rings. The lowest BCUT2D eigenvalue weighted by Crippen LogP contribution is -2.43. The first-order chi connectivity index (χ1) is 12.3. The van der Waals surface area contributed by atoms with Crippen molar-refractivity contribution in [2.24, 2.45) is 16.8 Å². The van der Waals surface area contributed by atoms with Crippen LogP contribution in [0.15, 0.2) is 21.3 Å². The third-order valence-corrected chi connectivity index (χ3v) is 7.26. The molecule has 0 radical (unpaired) electrons. The summed E-state index contributed by atoms with van der Waals surface area (Å²) in [5, 5.41) is 3.14. The van der Waals surface area contributed by atoms with Gasteiger partial charge in [0.05, 0.1) is 13.0 Å². The van der Waals surface area contributed by atoms with E-state index in [1.54, 1.807) is 19.2 Å². The SMILES string of the molecule is CN=C(NCCNS(=O)(=O)c1ccc(C)s1)N1CC(C)C(C(=O)OC)C1.I. The molecule has 0 bridgehead atoms. The largest absolute Gasteiger partial charge is 0.469 e. The Kier molecular flexibility index (Phi) is 9.45. The Morgan fingerprint density at radius 2 is 2.07 bits per heavy atom. The van der Waals surface area contributed by atoms with E-state index in [2.05, 4.69) is 15.0 Å². The van der Waals surface area contributed by atoms with Crippen LogP contribution in [0.3, 0.4) is 0 Å². The van der Waals surface area contributed by atoms with E-state index in [1.165, 1.54) is 18.4 Å². The molecule has 2 unspecified atom stereocenters. The third kappa shape index (κ3) is 6.29. The van der Waals surface area contributed by atoms with Crippen LogP contribution in [0.4, 0.5) is 0 Å². The number of thiophene rings is 1. The number of rotatable bonds is 6. The second kappa shape index (κ2) is 10.6. The molecule has 0 saturated carbocycles. The van der Waals surface area contributed by atoms with Gasteiger partial charge in [-0.3, -0.25) is 9.79 Å². The summed E-state index contributed by atoms with van der Waals surface area (Å²) in [7, 11) is -0.423. The summed E-state index contributed by atoms with van der Waals surface area (Å²) in [6.45, 7) is 5.74. The molecule has 11 heteroatoms. The molecule has 1 aromatic heterocycles. The minimum absolute atomic E-state index is 0. The van der Waals surface area contributed by atoms with Crippen LogP contribution in [0.5, 0.6) is 0 Å². The van der Waals surface area contributed by atoms with Crippen molar-refractivity contribution in [2.75, 3.05) is 40.3 Å². The number of aliphatic imine (C=N–C) groups is 1. The van der Waals surface area contributed by atoms with Gasteiger partial charge < -0.3 is 15.0 Å². The van der Waals surface area contributed by atoms with Crippen LogP contribution >= 0.6 is 35.3 Å². The number of likely N-dealkylation sites (tertiary alicyclic amines) is 1. The zero-order valence-electron chi connectivity index (χ0n) is 15.9. The standard InChI is InChI=1S/C16H26N4O4S2.HI/c1-11-9-20(10-13(11)15(21)24-4)16(17-3)18-7-8-19-26(22,23)14-6-5-12(2)25-14;/h5-6,11,13,19H,7-10H2,1-4H3,(H,17,18);1H. The van der Waals surface area contributed by atoms with Crippen LogP contribution < -0.4 is 10.0 Å². The first-order valence-electron chi connectivity index (χ1n) is 8.38. The van der Waals surface area contributed by atoms with Gasteiger partial charge in [0.25, 0.3) is 0 Å². The highest BCUT2D eigenvalue weighted by Gasteiger charge is 2.36. The van der Waals surface area contributed by atoms with Crippen LogP contribution in [0.25, 0.3) is 0 Å². The van der Waals surface area contributed by atoms with E-state index in [-0.39, 0.29) is 48.3 Å². The Morgan fingerprint density at radius 1 is 1.37 bits per heavy atom. The van der Waals surface area contributed by atoms with Gasteiger partial charge in [0.15, 0.2) is 5.96 Å². The van der Waals surface area contributed by atoms with E-state index < -0.39 is 10.0 Å². The number of halogens is 1. The normalized spacial score (nSPS) is 20.3. The Balaban J connectivity index is 0.00000364. The zero-order valence-corrected chi connectivity index (χ0v) is 19.9. The van der Waals surface area contributed by atoms with Crippen molar-refractivity contribution in [3.05, 3.63) is 17.0 Å². The summed E-state index contributed by atoms with van der Waals surface area (Å²) in [5.41, 5.74) is 0. The summed E-state index contributed by atoms with van der Waals surface area (Å²) >= 11 is 1.24. The lowest BCUT2D eigenvalue weighted by molar-refractivity contribution is -0.145. The Labute approximate surface area is 181 Å². The number of nitrogens with zero attached hydrogens (tertiary/aromatic N) is 2. The number of carbonyl (C=O) groups is 1. The number of nitrogens with one attached hydrogen (secondary N) is 2. The molecule has 1 aliphatic heterocycles. The van der Waals surface area contributed by atoms with Crippen LogP contribution in [-0.2, 0) is 19.6 Å². The maximum absolute atomic E-state index is 12.2. The van der Waals surface area contributed by atoms with Crippen molar-refractivity contribution in [1.82, 2.24) is 14.9 Å². The van der Waals surface area contributed by atoms with Crippen molar-refractivity contribution in [3.8, 4) is 0 Å². The Morgan fingerprint density at radius 3 is 2.63 bits per heavy atom. The molecule has 1 aliphatic rings. The average Bonchev–Trinajstić information content (AvgIpc) is 3.20. The van der Waals surface area contributed by atoms with Crippen LogP contribution in [0, 0.1) is 18.8 Å². The molecular weight excluding hydrogens is 503 g/mol. The number of ether oxygens (including phenoxy) is 1. The quantitative estimate of drug-likeness (QED) is 0.189. The first kappa shape index (κ1) is 24.1. The van der Waals surface area contributed by atoms with Crippen molar-refractivity contribution >= 4 is 57.3 Å². The van der Waals surface area contributed by atoms with Gasteiger partial charge in [-0.2, -0.15) is 0 Å². The van der Waals surface area contributed by atoms with E-state index in [0.717, 1.165) is 4.88 Å². The Hall–Kier alpha value is -0.920. The summed E-state index contributed by atoms with van der Waals surface area (Å²) in [5.74, 6) is 0.421. The van der Waals surface area contributed by atoms with Gasteiger partial charge in [0.2, 0.25) is 10.0 Å².